The molecule has 0 aliphatic carbocycles. The van der Waals surface area contributed by atoms with Crippen LogP contribution in [0.5, 0.6) is 0 Å². The molecule has 0 saturated carbocycles. The summed E-state index contributed by atoms with van der Waals surface area (Å²) in [6.07, 6.45) is 4.34. The van der Waals surface area contributed by atoms with E-state index in [1.54, 1.807) is 10.9 Å². The summed E-state index contributed by atoms with van der Waals surface area (Å²) in [5, 5.41) is 4.11. The molecule has 1 aliphatic heterocycles. The first kappa shape index (κ1) is 12.2. The number of nitrogens with zero attached hydrogens (tertiary/aromatic N) is 3. The van der Waals surface area contributed by atoms with E-state index in [1.165, 1.54) is 0 Å². The SMILES string of the molecule is CC(C)N1CCc2c1ccc(-c1cnn(C)c1)c2F. The molecular formula is C15H18FN3. The summed E-state index contributed by atoms with van der Waals surface area (Å²) >= 11 is 0. The molecule has 19 heavy (non-hydrogen) atoms. The normalized spacial score (nSPS) is 14.3. The van der Waals surface area contributed by atoms with Gasteiger partial charge in [0.05, 0.1) is 6.20 Å². The number of hydrogen-bond donors (Lipinski definition) is 0. The average molecular weight is 259 g/mol. The standard InChI is InChI=1S/C15H18FN3/c1-10(2)19-7-6-13-14(19)5-4-12(15(13)16)11-8-17-18(3)9-11/h4-5,8-10H,6-7H2,1-3H3. The third kappa shape index (κ3) is 1.91. The van der Waals surface area contributed by atoms with Gasteiger partial charge in [0, 0.05) is 48.2 Å². The Morgan fingerprint density at radius 3 is 2.74 bits per heavy atom. The monoisotopic (exact) mass is 259 g/mol. The first-order chi connectivity index (χ1) is 9.08. The van der Waals surface area contributed by atoms with Crippen LogP contribution in [0.3, 0.4) is 0 Å². The Bertz CT molecular complexity index is 616. The summed E-state index contributed by atoms with van der Waals surface area (Å²) in [6.45, 7) is 5.18. The molecule has 0 amide bonds. The van der Waals surface area contributed by atoms with Gasteiger partial charge in [-0.2, -0.15) is 5.10 Å². The van der Waals surface area contributed by atoms with Crippen LogP contribution in [-0.2, 0) is 13.5 Å². The summed E-state index contributed by atoms with van der Waals surface area (Å²) in [5.74, 6) is -0.0892. The van der Waals surface area contributed by atoms with Gasteiger partial charge in [-0.3, -0.25) is 4.68 Å². The molecule has 2 aromatic rings. The van der Waals surface area contributed by atoms with Crippen molar-refractivity contribution in [2.75, 3.05) is 11.4 Å². The van der Waals surface area contributed by atoms with Crippen molar-refractivity contribution in [1.29, 1.82) is 0 Å². The van der Waals surface area contributed by atoms with Crippen molar-refractivity contribution in [3.63, 3.8) is 0 Å². The molecule has 1 aliphatic rings. The van der Waals surface area contributed by atoms with Gasteiger partial charge in [-0.25, -0.2) is 4.39 Å². The minimum Gasteiger partial charge on any atom is -0.368 e. The molecule has 2 heterocycles. The summed E-state index contributed by atoms with van der Waals surface area (Å²) in [4.78, 5) is 2.26. The highest BCUT2D eigenvalue weighted by atomic mass is 19.1. The van der Waals surface area contributed by atoms with Gasteiger partial charge in [-0.15, -0.1) is 0 Å². The topological polar surface area (TPSA) is 21.1 Å². The molecule has 0 bridgehead atoms. The summed E-state index contributed by atoms with van der Waals surface area (Å²) in [7, 11) is 1.84. The first-order valence-electron chi connectivity index (χ1n) is 6.65. The van der Waals surface area contributed by atoms with Crippen molar-refractivity contribution in [1.82, 2.24) is 9.78 Å². The maximum Gasteiger partial charge on any atom is 0.136 e. The Kier molecular flexibility index (Phi) is 2.81. The number of benzene rings is 1. The quantitative estimate of drug-likeness (QED) is 0.826. The molecule has 3 rings (SSSR count). The second-order valence-electron chi connectivity index (χ2n) is 5.36. The van der Waals surface area contributed by atoms with Crippen LogP contribution in [0.4, 0.5) is 10.1 Å². The predicted molar refractivity (Wildman–Crippen MR) is 74.8 cm³/mol. The Morgan fingerprint density at radius 1 is 1.32 bits per heavy atom. The Balaban J connectivity index is 2.08. The third-order valence-electron chi connectivity index (χ3n) is 3.77. The van der Waals surface area contributed by atoms with Crippen LogP contribution >= 0.6 is 0 Å². The van der Waals surface area contributed by atoms with Crippen LogP contribution in [0.15, 0.2) is 24.5 Å². The van der Waals surface area contributed by atoms with E-state index in [0.717, 1.165) is 29.8 Å². The van der Waals surface area contributed by atoms with Crippen LogP contribution in [-0.4, -0.2) is 22.4 Å². The van der Waals surface area contributed by atoms with Gasteiger partial charge in [-0.05, 0) is 32.4 Å². The van der Waals surface area contributed by atoms with Gasteiger partial charge in [0.1, 0.15) is 5.82 Å². The van der Waals surface area contributed by atoms with Gasteiger partial charge in [-0.1, -0.05) is 0 Å². The molecule has 4 heteroatoms. The number of aryl methyl sites for hydroxylation is 1. The Labute approximate surface area is 112 Å². The van der Waals surface area contributed by atoms with E-state index in [1.807, 2.05) is 25.4 Å². The molecule has 0 N–H and O–H groups in total. The van der Waals surface area contributed by atoms with Crippen molar-refractivity contribution in [2.45, 2.75) is 26.3 Å². The molecule has 0 spiro atoms. The average Bonchev–Trinajstić information content (AvgIpc) is 2.96. The van der Waals surface area contributed by atoms with Gasteiger partial charge < -0.3 is 4.90 Å². The Morgan fingerprint density at radius 2 is 2.11 bits per heavy atom. The fourth-order valence-electron chi connectivity index (χ4n) is 2.79. The van der Waals surface area contributed by atoms with Crippen molar-refractivity contribution in [3.05, 3.63) is 35.9 Å². The van der Waals surface area contributed by atoms with Crippen molar-refractivity contribution >= 4 is 5.69 Å². The minimum atomic E-state index is -0.0892. The Hall–Kier alpha value is -1.84. The van der Waals surface area contributed by atoms with Crippen molar-refractivity contribution < 1.29 is 4.39 Å². The molecule has 0 fully saturated rings. The largest absolute Gasteiger partial charge is 0.368 e. The zero-order valence-electron chi connectivity index (χ0n) is 11.5. The highest BCUT2D eigenvalue weighted by Gasteiger charge is 2.26. The zero-order valence-corrected chi connectivity index (χ0v) is 11.5. The molecular weight excluding hydrogens is 241 g/mol. The van der Waals surface area contributed by atoms with Gasteiger partial charge in [0.2, 0.25) is 0 Å². The minimum absolute atomic E-state index is 0.0892. The molecule has 1 aromatic carbocycles. The molecule has 0 unspecified atom stereocenters. The van der Waals surface area contributed by atoms with E-state index in [-0.39, 0.29) is 5.82 Å². The number of aromatic nitrogens is 2. The second-order valence-corrected chi connectivity index (χ2v) is 5.36. The second kappa shape index (κ2) is 4.37. The molecule has 3 nitrogen and oxygen atoms in total. The van der Waals surface area contributed by atoms with Crippen LogP contribution in [0.1, 0.15) is 19.4 Å². The highest BCUT2D eigenvalue weighted by molar-refractivity contribution is 5.71. The van der Waals surface area contributed by atoms with Crippen molar-refractivity contribution in [3.8, 4) is 11.1 Å². The predicted octanol–water partition coefficient (Wildman–Crippen LogP) is 3.00. The number of fused-ring (bicyclic) bond motifs is 1. The number of hydrogen-bond acceptors (Lipinski definition) is 2. The maximum atomic E-state index is 14.6. The lowest BCUT2D eigenvalue weighted by Gasteiger charge is -2.24. The van der Waals surface area contributed by atoms with Crippen LogP contribution in [0.25, 0.3) is 11.1 Å². The maximum absolute atomic E-state index is 14.6. The van der Waals surface area contributed by atoms with Gasteiger partial charge in [0.25, 0.3) is 0 Å². The van der Waals surface area contributed by atoms with E-state index in [2.05, 4.69) is 23.8 Å². The third-order valence-corrected chi connectivity index (χ3v) is 3.77. The molecule has 100 valence electrons. The lowest BCUT2D eigenvalue weighted by atomic mass is 10.0. The first-order valence-corrected chi connectivity index (χ1v) is 6.65. The van der Waals surface area contributed by atoms with Crippen molar-refractivity contribution in [2.24, 2.45) is 7.05 Å². The highest BCUT2D eigenvalue weighted by Crippen LogP contribution is 2.36. The lowest BCUT2D eigenvalue weighted by molar-refractivity contribution is 0.619. The molecule has 1 aromatic heterocycles. The summed E-state index contributed by atoms with van der Waals surface area (Å²) in [6, 6.07) is 4.31. The van der Waals surface area contributed by atoms with E-state index >= 15 is 0 Å². The molecule has 0 atom stereocenters. The van der Waals surface area contributed by atoms with Crippen LogP contribution in [0, 0.1) is 5.82 Å². The fraction of sp³-hybridized carbons (Fsp3) is 0.400. The zero-order chi connectivity index (χ0) is 13.6. The van der Waals surface area contributed by atoms with E-state index in [4.69, 9.17) is 0 Å². The molecule has 0 saturated heterocycles. The van der Waals surface area contributed by atoms with Crippen LogP contribution < -0.4 is 4.90 Å². The van der Waals surface area contributed by atoms with E-state index in [0.29, 0.717) is 11.6 Å². The van der Waals surface area contributed by atoms with Crippen LogP contribution in [0.2, 0.25) is 0 Å². The van der Waals surface area contributed by atoms with Gasteiger partial charge >= 0.3 is 0 Å². The number of halogens is 1. The number of rotatable bonds is 2. The smallest absolute Gasteiger partial charge is 0.136 e. The summed E-state index contributed by atoms with van der Waals surface area (Å²) in [5.41, 5.74) is 3.37. The number of anilines is 1. The fourth-order valence-corrected chi connectivity index (χ4v) is 2.79. The summed E-state index contributed by atoms with van der Waals surface area (Å²) < 4.78 is 16.3. The molecule has 0 radical (unpaired) electrons. The van der Waals surface area contributed by atoms with E-state index in [9.17, 15) is 4.39 Å². The van der Waals surface area contributed by atoms with Gasteiger partial charge in [0.15, 0.2) is 0 Å². The van der Waals surface area contributed by atoms with E-state index < -0.39 is 0 Å². The lowest BCUT2D eigenvalue weighted by Crippen LogP contribution is -2.28.